The summed E-state index contributed by atoms with van der Waals surface area (Å²) < 4.78 is 41.3. The van der Waals surface area contributed by atoms with E-state index in [-0.39, 0.29) is 5.69 Å². The van der Waals surface area contributed by atoms with Crippen molar-refractivity contribution in [2.24, 2.45) is 12.0 Å². The van der Waals surface area contributed by atoms with Crippen molar-refractivity contribution in [2.75, 3.05) is 0 Å². The Kier molecular flexibility index (Phi) is 4.43. The number of hydrogen-bond acceptors (Lipinski definition) is 4. The molecule has 0 saturated carbocycles. The molecule has 5 aromatic rings. The van der Waals surface area contributed by atoms with Crippen molar-refractivity contribution < 1.29 is 13.2 Å². The molecule has 7 rings (SSSR count). The maximum atomic E-state index is 13.5. The summed E-state index contributed by atoms with van der Waals surface area (Å²) in [6.45, 7) is 0.712. The third-order valence-corrected chi connectivity index (χ3v) is 7.32. The second-order valence-electron chi connectivity index (χ2n) is 9.50. The van der Waals surface area contributed by atoms with Crippen LogP contribution in [0.5, 0.6) is 0 Å². The van der Waals surface area contributed by atoms with Crippen molar-refractivity contribution in [1.29, 1.82) is 0 Å². The smallest absolute Gasteiger partial charge is 0.288 e. The Bertz CT molecular complexity index is 1720. The van der Waals surface area contributed by atoms with Gasteiger partial charge >= 0.3 is 6.18 Å². The monoisotopic (exact) mass is 486 g/mol. The summed E-state index contributed by atoms with van der Waals surface area (Å²) in [4.78, 5) is 9.50. The molecule has 0 atom stereocenters. The molecule has 0 spiro atoms. The largest absolute Gasteiger partial charge is 0.433 e. The first-order valence-electron chi connectivity index (χ1n) is 12.0. The van der Waals surface area contributed by atoms with Gasteiger partial charge in [0.2, 0.25) is 0 Å². The second-order valence-corrected chi connectivity index (χ2v) is 9.50. The number of halogens is 3. The molecule has 1 aliphatic carbocycles. The van der Waals surface area contributed by atoms with Gasteiger partial charge in [-0.05, 0) is 72.2 Å². The Labute approximate surface area is 203 Å². The van der Waals surface area contributed by atoms with E-state index in [2.05, 4.69) is 38.5 Å². The standard InChI is InChI=1S/C27H21F3N6/c1-36-22(27(28,29)30)11-21(35-36)26-24-20(33-34-26)9-8-19-23(24)17-4-2-3-5-18(17)25(32-19)14-6-7-15-12-31-13-16(15)10-14/h6-11,13H,2-5,12H2,1H3,(H,33,34). The zero-order chi connectivity index (χ0) is 24.6. The number of rotatable bonds is 2. The third-order valence-electron chi connectivity index (χ3n) is 7.32. The molecule has 9 heteroatoms. The average Bonchev–Trinajstić information content (AvgIpc) is 3.60. The summed E-state index contributed by atoms with van der Waals surface area (Å²) in [5.41, 5.74) is 8.15. The van der Waals surface area contributed by atoms with Crippen LogP contribution in [0, 0.1) is 0 Å². The molecule has 1 N–H and O–H groups in total. The highest BCUT2D eigenvalue weighted by Crippen LogP contribution is 2.41. The molecule has 6 nitrogen and oxygen atoms in total. The lowest BCUT2D eigenvalue weighted by atomic mass is 9.85. The van der Waals surface area contributed by atoms with Gasteiger partial charge in [-0.1, -0.05) is 12.1 Å². The Balaban J connectivity index is 1.50. The fraction of sp³-hybridized carbons (Fsp3) is 0.259. The first kappa shape index (κ1) is 21.3. The van der Waals surface area contributed by atoms with E-state index in [1.165, 1.54) is 23.7 Å². The van der Waals surface area contributed by atoms with E-state index in [1.807, 2.05) is 18.3 Å². The number of aryl methyl sites for hydroxylation is 2. The number of benzene rings is 2. The van der Waals surface area contributed by atoms with Crippen molar-refractivity contribution >= 4 is 28.0 Å². The predicted octanol–water partition coefficient (Wildman–Crippen LogP) is 6.01. The molecule has 4 heterocycles. The maximum Gasteiger partial charge on any atom is 0.433 e. The Morgan fingerprint density at radius 1 is 0.944 bits per heavy atom. The van der Waals surface area contributed by atoms with Crippen LogP contribution in [0.4, 0.5) is 13.2 Å². The van der Waals surface area contributed by atoms with Gasteiger partial charge in [-0.25, -0.2) is 4.98 Å². The van der Waals surface area contributed by atoms with E-state index >= 15 is 0 Å². The number of aliphatic imine (C=N–C) groups is 1. The van der Waals surface area contributed by atoms with Gasteiger partial charge in [0.15, 0.2) is 0 Å². The summed E-state index contributed by atoms with van der Waals surface area (Å²) in [6.07, 6.45) is 1.33. The summed E-state index contributed by atoms with van der Waals surface area (Å²) in [5, 5.41) is 13.3. The van der Waals surface area contributed by atoms with Crippen molar-refractivity contribution in [3.63, 3.8) is 0 Å². The van der Waals surface area contributed by atoms with Gasteiger partial charge in [-0.3, -0.25) is 14.8 Å². The molecule has 0 fully saturated rings. The molecule has 3 aromatic heterocycles. The SMILES string of the molecule is Cn1nc(-c2n[nH]c3ccc4nc(-c5ccc6c(c5)C=NC6)c5c(c4c23)CCCC5)cc1C(F)(F)F. The lowest BCUT2D eigenvalue weighted by molar-refractivity contribution is -0.143. The molecule has 2 aromatic carbocycles. The highest BCUT2D eigenvalue weighted by atomic mass is 19.4. The van der Waals surface area contributed by atoms with Gasteiger partial charge in [0.1, 0.15) is 17.1 Å². The molecule has 180 valence electrons. The van der Waals surface area contributed by atoms with Crippen LogP contribution in [0.15, 0.2) is 41.4 Å². The minimum atomic E-state index is -4.50. The Morgan fingerprint density at radius 2 is 1.78 bits per heavy atom. The lowest BCUT2D eigenvalue weighted by Gasteiger charge is -2.22. The molecule has 0 amide bonds. The lowest BCUT2D eigenvalue weighted by Crippen LogP contribution is -2.11. The number of H-pyrrole nitrogens is 1. The highest BCUT2D eigenvalue weighted by Gasteiger charge is 2.35. The number of aromatic amines is 1. The number of nitrogens with zero attached hydrogens (tertiary/aromatic N) is 5. The van der Waals surface area contributed by atoms with E-state index in [4.69, 9.17) is 4.98 Å². The summed E-state index contributed by atoms with van der Waals surface area (Å²) in [6, 6.07) is 11.3. The third kappa shape index (κ3) is 3.11. The Hall–Kier alpha value is -4.01. The van der Waals surface area contributed by atoms with Crippen LogP contribution in [-0.4, -0.2) is 31.2 Å². The minimum absolute atomic E-state index is 0.190. The van der Waals surface area contributed by atoms with Crippen LogP contribution in [0.1, 0.15) is 40.8 Å². The van der Waals surface area contributed by atoms with Crippen molar-refractivity contribution in [3.05, 3.63) is 64.3 Å². The van der Waals surface area contributed by atoms with Gasteiger partial charge in [-0.15, -0.1) is 0 Å². The second kappa shape index (κ2) is 7.49. The number of pyridine rings is 1. The van der Waals surface area contributed by atoms with Crippen molar-refractivity contribution in [1.82, 2.24) is 25.0 Å². The van der Waals surface area contributed by atoms with E-state index in [0.717, 1.165) is 75.1 Å². The zero-order valence-corrected chi connectivity index (χ0v) is 19.4. The summed E-state index contributed by atoms with van der Waals surface area (Å²) >= 11 is 0. The highest BCUT2D eigenvalue weighted by molar-refractivity contribution is 6.13. The Morgan fingerprint density at radius 3 is 2.58 bits per heavy atom. The van der Waals surface area contributed by atoms with E-state index < -0.39 is 11.9 Å². The first-order chi connectivity index (χ1) is 17.4. The van der Waals surface area contributed by atoms with Crippen LogP contribution in [0.25, 0.3) is 44.5 Å². The van der Waals surface area contributed by atoms with Crippen LogP contribution in [0.3, 0.4) is 0 Å². The van der Waals surface area contributed by atoms with Crippen LogP contribution in [-0.2, 0) is 32.6 Å². The maximum absolute atomic E-state index is 13.5. The first-order valence-corrected chi connectivity index (χ1v) is 12.0. The molecular formula is C27H21F3N6. The topological polar surface area (TPSA) is 71.8 Å². The van der Waals surface area contributed by atoms with Crippen LogP contribution >= 0.6 is 0 Å². The van der Waals surface area contributed by atoms with Gasteiger partial charge in [-0.2, -0.15) is 23.4 Å². The van der Waals surface area contributed by atoms with Crippen LogP contribution < -0.4 is 0 Å². The molecule has 0 radical (unpaired) electrons. The average molecular weight is 487 g/mol. The molecular weight excluding hydrogens is 465 g/mol. The molecule has 0 unspecified atom stereocenters. The van der Waals surface area contributed by atoms with E-state index in [9.17, 15) is 13.2 Å². The number of nitrogens with one attached hydrogen (secondary N) is 1. The fourth-order valence-electron chi connectivity index (χ4n) is 5.65. The normalized spacial score (nSPS) is 15.1. The van der Waals surface area contributed by atoms with Gasteiger partial charge in [0.25, 0.3) is 0 Å². The molecule has 0 bridgehead atoms. The number of aromatic nitrogens is 5. The molecule has 2 aliphatic rings. The van der Waals surface area contributed by atoms with Gasteiger partial charge in [0.05, 0.1) is 23.3 Å². The number of alkyl halides is 3. The molecule has 1 aliphatic heterocycles. The van der Waals surface area contributed by atoms with Gasteiger partial charge < -0.3 is 0 Å². The van der Waals surface area contributed by atoms with Gasteiger partial charge in [0, 0.05) is 29.6 Å². The number of hydrogen-bond donors (Lipinski definition) is 1. The van der Waals surface area contributed by atoms with Crippen molar-refractivity contribution in [3.8, 4) is 22.6 Å². The predicted molar refractivity (Wildman–Crippen MR) is 132 cm³/mol. The minimum Gasteiger partial charge on any atom is -0.288 e. The molecule has 0 saturated heterocycles. The summed E-state index contributed by atoms with van der Waals surface area (Å²) in [7, 11) is 1.30. The molecule has 36 heavy (non-hydrogen) atoms. The van der Waals surface area contributed by atoms with Crippen molar-refractivity contribution in [2.45, 2.75) is 38.4 Å². The number of fused-ring (bicyclic) bond motifs is 6. The quantitative estimate of drug-likeness (QED) is 0.332. The fourth-order valence-corrected chi connectivity index (χ4v) is 5.65. The van der Waals surface area contributed by atoms with E-state index in [0.29, 0.717) is 12.2 Å². The zero-order valence-electron chi connectivity index (χ0n) is 19.4. The van der Waals surface area contributed by atoms with E-state index in [1.54, 1.807) is 0 Å². The van der Waals surface area contributed by atoms with Crippen LogP contribution in [0.2, 0.25) is 0 Å². The summed E-state index contributed by atoms with van der Waals surface area (Å²) in [5.74, 6) is 0.